The lowest BCUT2D eigenvalue weighted by molar-refractivity contribution is 0.180. The van der Waals surface area contributed by atoms with E-state index in [1.807, 2.05) is 6.26 Å². The first kappa shape index (κ1) is 12.0. The summed E-state index contributed by atoms with van der Waals surface area (Å²) < 4.78 is 5.92. The van der Waals surface area contributed by atoms with Gasteiger partial charge < -0.3 is 10.5 Å². The second-order valence-corrected chi connectivity index (χ2v) is 4.60. The van der Waals surface area contributed by atoms with E-state index in [9.17, 15) is 0 Å². The number of halogens is 1. The van der Waals surface area contributed by atoms with Crippen LogP contribution in [0.3, 0.4) is 0 Å². The average Bonchev–Trinajstić information content (AvgIpc) is 2.14. The Morgan fingerprint density at radius 2 is 2.21 bits per heavy atom. The number of rotatable bonds is 4. The highest BCUT2D eigenvalue weighted by Gasteiger charge is 2.09. The van der Waals surface area contributed by atoms with E-state index in [1.165, 1.54) is 0 Å². The van der Waals surface area contributed by atoms with Gasteiger partial charge in [-0.15, -0.1) is 0 Å². The molecule has 0 atom stereocenters. The first-order valence-electron chi connectivity index (χ1n) is 3.97. The minimum absolute atomic E-state index is 0.479. The van der Waals surface area contributed by atoms with Crippen LogP contribution in [-0.2, 0) is 17.1 Å². The van der Waals surface area contributed by atoms with Gasteiger partial charge in [0.2, 0.25) is 0 Å². The van der Waals surface area contributed by atoms with Crippen molar-refractivity contribution in [1.29, 1.82) is 0 Å². The van der Waals surface area contributed by atoms with Crippen LogP contribution in [0.1, 0.15) is 11.5 Å². The number of ether oxygens (including phenoxy) is 1. The molecule has 6 heteroatoms. The van der Waals surface area contributed by atoms with E-state index in [1.54, 1.807) is 18.9 Å². The SMILES string of the molecule is COCc1nc(CSC)nc(N)c1I. The van der Waals surface area contributed by atoms with Crippen LogP contribution in [0, 0.1) is 3.57 Å². The lowest BCUT2D eigenvalue weighted by Crippen LogP contribution is -2.07. The fraction of sp³-hybridized carbons (Fsp3) is 0.500. The summed E-state index contributed by atoms with van der Waals surface area (Å²) >= 11 is 3.81. The second kappa shape index (κ2) is 5.72. The lowest BCUT2D eigenvalue weighted by atomic mass is 10.4. The van der Waals surface area contributed by atoms with Crippen LogP contribution in [0.4, 0.5) is 5.82 Å². The molecule has 0 radical (unpaired) electrons. The zero-order valence-electron chi connectivity index (χ0n) is 8.08. The van der Waals surface area contributed by atoms with Crippen molar-refractivity contribution < 1.29 is 4.74 Å². The van der Waals surface area contributed by atoms with E-state index in [0.717, 1.165) is 20.8 Å². The zero-order valence-corrected chi connectivity index (χ0v) is 11.1. The molecular formula is C8H12IN3OS. The van der Waals surface area contributed by atoms with Gasteiger partial charge in [-0.3, -0.25) is 0 Å². The molecule has 0 saturated heterocycles. The Bertz CT molecular complexity index is 322. The normalized spacial score (nSPS) is 10.5. The maximum absolute atomic E-state index is 5.76. The van der Waals surface area contributed by atoms with E-state index in [-0.39, 0.29) is 0 Å². The quantitative estimate of drug-likeness (QED) is 0.854. The summed E-state index contributed by atoms with van der Waals surface area (Å²) in [5.74, 6) is 2.08. The van der Waals surface area contributed by atoms with Gasteiger partial charge in [0.25, 0.3) is 0 Å². The summed E-state index contributed by atoms with van der Waals surface area (Å²) in [5.41, 5.74) is 6.62. The summed E-state index contributed by atoms with van der Waals surface area (Å²) in [6.45, 7) is 0.479. The maximum Gasteiger partial charge on any atom is 0.141 e. The number of methoxy groups -OCH3 is 1. The fourth-order valence-corrected chi connectivity index (χ4v) is 1.78. The van der Waals surface area contributed by atoms with E-state index >= 15 is 0 Å². The molecule has 1 aromatic heterocycles. The first-order chi connectivity index (χ1) is 6.69. The van der Waals surface area contributed by atoms with Crippen molar-refractivity contribution in [2.24, 2.45) is 0 Å². The Morgan fingerprint density at radius 3 is 2.79 bits per heavy atom. The third-order valence-electron chi connectivity index (χ3n) is 1.55. The molecule has 0 fully saturated rings. The number of hydrogen-bond donors (Lipinski definition) is 1. The van der Waals surface area contributed by atoms with Gasteiger partial charge in [0.05, 0.1) is 21.6 Å². The van der Waals surface area contributed by atoms with Crippen molar-refractivity contribution in [2.75, 3.05) is 19.1 Å². The molecule has 0 aromatic carbocycles. The van der Waals surface area contributed by atoms with Crippen LogP contribution >= 0.6 is 34.4 Å². The number of thioether (sulfide) groups is 1. The molecule has 1 heterocycles. The van der Waals surface area contributed by atoms with Crippen molar-refractivity contribution in [3.05, 3.63) is 15.1 Å². The minimum atomic E-state index is 0.479. The molecule has 0 aliphatic carbocycles. The van der Waals surface area contributed by atoms with E-state index in [4.69, 9.17) is 10.5 Å². The second-order valence-electron chi connectivity index (χ2n) is 2.65. The standard InChI is InChI=1S/C8H12IN3OS/c1-13-3-5-7(9)8(10)12-6(11-5)4-14-2/h3-4H2,1-2H3,(H2,10,11,12). The maximum atomic E-state index is 5.76. The number of nitrogen functional groups attached to an aromatic ring is 1. The molecule has 0 bridgehead atoms. The summed E-state index contributed by atoms with van der Waals surface area (Å²) in [6, 6.07) is 0. The van der Waals surface area contributed by atoms with Gasteiger partial charge in [0, 0.05) is 7.11 Å². The number of nitrogens with zero attached hydrogens (tertiary/aromatic N) is 2. The molecule has 0 aliphatic heterocycles. The van der Waals surface area contributed by atoms with Gasteiger partial charge in [-0.05, 0) is 28.8 Å². The van der Waals surface area contributed by atoms with Crippen molar-refractivity contribution >= 4 is 40.2 Å². The van der Waals surface area contributed by atoms with Gasteiger partial charge in [0.1, 0.15) is 11.6 Å². The molecule has 4 nitrogen and oxygen atoms in total. The van der Waals surface area contributed by atoms with Crippen LogP contribution in [0.5, 0.6) is 0 Å². The van der Waals surface area contributed by atoms with Gasteiger partial charge in [-0.25, -0.2) is 9.97 Å². The van der Waals surface area contributed by atoms with Crippen molar-refractivity contribution in [1.82, 2.24) is 9.97 Å². The number of anilines is 1. The number of nitrogens with two attached hydrogens (primary N) is 1. The van der Waals surface area contributed by atoms with Crippen LogP contribution in [0.15, 0.2) is 0 Å². The highest BCUT2D eigenvalue weighted by atomic mass is 127. The van der Waals surface area contributed by atoms with Crippen molar-refractivity contribution in [2.45, 2.75) is 12.4 Å². The first-order valence-corrected chi connectivity index (χ1v) is 6.45. The van der Waals surface area contributed by atoms with Gasteiger partial charge in [-0.2, -0.15) is 11.8 Å². The number of aromatic nitrogens is 2. The fourth-order valence-electron chi connectivity index (χ4n) is 0.992. The van der Waals surface area contributed by atoms with Crippen LogP contribution in [-0.4, -0.2) is 23.3 Å². The topological polar surface area (TPSA) is 61.0 Å². The van der Waals surface area contributed by atoms with Gasteiger partial charge in [0.15, 0.2) is 0 Å². The average molecular weight is 325 g/mol. The highest BCUT2D eigenvalue weighted by molar-refractivity contribution is 14.1. The molecule has 0 spiro atoms. The predicted octanol–water partition coefficient (Wildman–Crippen LogP) is 1.67. The molecule has 0 amide bonds. The molecule has 0 unspecified atom stereocenters. The van der Waals surface area contributed by atoms with E-state index in [2.05, 4.69) is 32.6 Å². The largest absolute Gasteiger partial charge is 0.383 e. The Hall–Kier alpha value is -0.0800. The molecular weight excluding hydrogens is 313 g/mol. The molecule has 78 valence electrons. The number of hydrogen-bond acceptors (Lipinski definition) is 5. The predicted molar refractivity (Wildman–Crippen MR) is 67.1 cm³/mol. The van der Waals surface area contributed by atoms with E-state index < -0.39 is 0 Å². The Morgan fingerprint density at radius 1 is 1.50 bits per heavy atom. The van der Waals surface area contributed by atoms with Gasteiger partial charge in [-0.1, -0.05) is 0 Å². The monoisotopic (exact) mass is 325 g/mol. The summed E-state index contributed by atoms with van der Waals surface area (Å²) in [7, 11) is 1.64. The van der Waals surface area contributed by atoms with Crippen molar-refractivity contribution in [3.8, 4) is 0 Å². The van der Waals surface area contributed by atoms with Crippen molar-refractivity contribution in [3.63, 3.8) is 0 Å². The summed E-state index contributed by atoms with van der Waals surface area (Å²) in [5, 5.41) is 0. The summed E-state index contributed by atoms with van der Waals surface area (Å²) in [6.07, 6.45) is 2.01. The third kappa shape index (κ3) is 2.96. The Labute approximate surface area is 101 Å². The third-order valence-corrected chi connectivity index (χ3v) is 3.27. The summed E-state index contributed by atoms with van der Waals surface area (Å²) in [4.78, 5) is 8.56. The molecule has 1 rings (SSSR count). The Kier molecular flexibility index (Phi) is 4.90. The lowest BCUT2D eigenvalue weighted by Gasteiger charge is -2.07. The molecule has 0 saturated carbocycles. The van der Waals surface area contributed by atoms with Crippen LogP contribution < -0.4 is 5.73 Å². The minimum Gasteiger partial charge on any atom is -0.383 e. The van der Waals surface area contributed by atoms with Crippen LogP contribution in [0.2, 0.25) is 0 Å². The molecule has 0 aliphatic rings. The van der Waals surface area contributed by atoms with Crippen LogP contribution in [0.25, 0.3) is 0 Å². The molecule has 1 aromatic rings. The highest BCUT2D eigenvalue weighted by Crippen LogP contribution is 2.18. The molecule has 14 heavy (non-hydrogen) atoms. The smallest absolute Gasteiger partial charge is 0.141 e. The van der Waals surface area contributed by atoms with Gasteiger partial charge >= 0.3 is 0 Å². The Balaban J connectivity index is 3.01. The van der Waals surface area contributed by atoms with E-state index in [0.29, 0.717) is 12.4 Å². The molecule has 2 N–H and O–H groups in total. The zero-order chi connectivity index (χ0) is 10.6.